The van der Waals surface area contributed by atoms with Crippen molar-refractivity contribution < 1.29 is 0 Å². The second-order valence-corrected chi connectivity index (χ2v) is 30.9. The van der Waals surface area contributed by atoms with E-state index in [1.54, 1.807) is 0 Å². The maximum Gasteiger partial charge on any atom is 0.252 e. The first-order valence-corrected chi connectivity index (χ1v) is 30.9. The van der Waals surface area contributed by atoms with E-state index in [9.17, 15) is 0 Å². The Balaban J connectivity index is 1.30. The molecule has 9 aromatic carbocycles. The van der Waals surface area contributed by atoms with E-state index in [0.717, 1.165) is 0 Å². The van der Waals surface area contributed by atoms with Gasteiger partial charge in [-0.1, -0.05) is 201 Å². The number of nitrogens with zero attached hydrogens (tertiary/aromatic N) is 2. The predicted octanol–water partition coefficient (Wildman–Crippen LogP) is 14.1. The summed E-state index contributed by atoms with van der Waals surface area (Å²) in [5, 5.41) is 2.91. The van der Waals surface area contributed by atoms with Crippen LogP contribution in [0.3, 0.4) is 0 Å². The molecule has 2 nitrogen and oxygen atoms in total. The second kappa shape index (κ2) is 16.4. The minimum atomic E-state index is -1.78. The van der Waals surface area contributed by atoms with Crippen LogP contribution < -0.4 is 36.6 Å². The largest absolute Gasteiger partial charge is 0.310 e. The van der Waals surface area contributed by atoms with Gasteiger partial charge in [0.05, 0.1) is 27.5 Å². The molecule has 11 rings (SSSR count). The second-order valence-electron chi connectivity index (χ2n) is 20.7. The van der Waals surface area contributed by atoms with Crippen molar-refractivity contribution in [3.63, 3.8) is 0 Å². The summed E-state index contributed by atoms with van der Waals surface area (Å²) in [5.74, 6) is 0. The average molecular weight is 897 g/mol. The Hall–Kier alpha value is -6.92. The molecule has 0 atom stereocenters. The van der Waals surface area contributed by atoms with Crippen molar-refractivity contribution in [2.75, 3.05) is 9.80 Å². The number of hydrogen-bond donors (Lipinski definition) is 0. The zero-order valence-electron chi connectivity index (χ0n) is 40.0. The zero-order valence-corrected chi connectivity index (χ0v) is 42.0. The SMILES string of the molecule is Cc1cc(-c2ccccc2)c(N2c3cc([Si](C)(C)C)ccc3B3c4ccc([Si](C)(C)C)cc4N(c4c(-c5ccccc5)cc(C)cc4-c4ccccc4)c4cccc2c43)c(-c2ccccc2)c1. The quantitative estimate of drug-likeness (QED) is 0.140. The fraction of sp³-hybridized carbons (Fsp3) is 0.129. The topological polar surface area (TPSA) is 6.48 Å². The third kappa shape index (κ3) is 7.42. The molecular formula is C62H57BN2Si2. The minimum Gasteiger partial charge on any atom is -0.310 e. The third-order valence-corrected chi connectivity index (χ3v) is 18.1. The maximum absolute atomic E-state index is 2.67. The number of anilines is 6. The van der Waals surface area contributed by atoms with Gasteiger partial charge in [0.15, 0.2) is 0 Å². The Morgan fingerprint density at radius 2 is 0.642 bits per heavy atom. The van der Waals surface area contributed by atoms with Gasteiger partial charge in [-0.2, -0.15) is 0 Å². The standard InChI is InChI=1S/C62H57BN2Si2/c1-42-36-50(44-22-13-9-14-23-44)61(51(37-42)45-24-15-10-16-25-45)64-56-30-21-31-57-60(56)63(54-34-32-48(40-58(54)64)66(3,4)5)55-35-33-49(67(6,7)8)41-59(55)65(57)62-52(46-26-17-11-18-27-46)38-43(2)39-53(62)47-28-19-12-20-29-47/h9-41H,1-8H3. The smallest absolute Gasteiger partial charge is 0.252 e. The molecule has 2 aliphatic rings. The molecule has 0 saturated carbocycles. The van der Waals surface area contributed by atoms with E-state index in [4.69, 9.17) is 0 Å². The van der Waals surface area contributed by atoms with Crippen LogP contribution in [0.1, 0.15) is 11.1 Å². The molecule has 67 heavy (non-hydrogen) atoms. The van der Waals surface area contributed by atoms with E-state index in [1.807, 2.05) is 0 Å². The zero-order chi connectivity index (χ0) is 46.2. The van der Waals surface area contributed by atoms with Crippen molar-refractivity contribution in [3.05, 3.63) is 211 Å². The summed E-state index contributed by atoms with van der Waals surface area (Å²) in [4.78, 5) is 5.34. The summed E-state index contributed by atoms with van der Waals surface area (Å²) >= 11 is 0. The van der Waals surface area contributed by atoms with Crippen molar-refractivity contribution in [2.45, 2.75) is 53.1 Å². The summed E-state index contributed by atoms with van der Waals surface area (Å²) in [5.41, 5.74) is 23.6. The monoisotopic (exact) mass is 896 g/mol. The lowest BCUT2D eigenvalue weighted by Crippen LogP contribution is -2.62. The van der Waals surface area contributed by atoms with Crippen LogP contribution in [0.2, 0.25) is 39.3 Å². The van der Waals surface area contributed by atoms with Crippen molar-refractivity contribution in [1.29, 1.82) is 0 Å². The Morgan fingerprint density at radius 3 is 0.940 bits per heavy atom. The minimum absolute atomic E-state index is 0.00617. The van der Waals surface area contributed by atoms with Crippen LogP contribution in [0.5, 0.6) is 0 Å². The first-order chi connectivity index (χ1) is 32.3. The van der Waals surface area contributed by atoms with E-state index < -0.39 is 16.1 Å². The third-order valence-electron chi connectivity index (χ3n) is 14.0. The number of benzene rings is 9. The lowest BCUT2D eigenvalue weighted by atomic mass is 9.33. The van der Waals surface area contributed by atoms with Gasteiger partial charge in [-0.05, 0) is 112 Å². The van der Waals surface area contributed by atoms with Gasteiger partial charge >= 0.3 is 0 Å². The van der Waals surface area contributed by atoms with Gasteiger partial charge in [0, 0.05) is 45.0 Å². The van der Waals surface area contributed by atoms with E-state index in [-0.39, 0.29) is 6.71 Å². The highest BCUT2D eigenvalue weighted by molar-refractivity contribution is 7.01. The predicted molar refractivity (Wildman–Crippen MR) is 298 cm³/mol. The normalized spacial score (nSPS) is 13.0. The van der Waals surface area contributed by atoms with Crippen molar-refractivity contribution >= 4 is 83.7 Å². The Bertz CT molecular complexity index is 3000. The number of hydrogen-bond acceptors (Lipinski definition) is 2. The molecule has 0 N–H and O–H groups in total. The molecule has 0 saturated heterocycles. The molecule has 9 aromatic rings. The van der Waals surface area contributed by atoms with Crippen molar-refractivity contribution in [3.8, 4) is 44.5 Å². The van der Waals surface area contributed by atoms with Gasteiger partial charge in [0.25, 0.3) is 6.71 Å². The molecule has 326 valence electrons. The lowest BCUT2D eigenvalue weighted by molar-refractivity contribution is 1.25. The molecule has 2 heterocycles. The molecule has 2 aliphatic heterocycles. The van der Waals surface area contributed by atoms with Gasteiger partial charge in [-0.3, -0.25) is 0 Å². The molecule has 0 aromatic heterocycles. The van der Waals surface area contributed by atoms with Gasteiger partial charge in [0.2, 0.25) is 0 Å². The molecule has 5 heteroatoms. The van der Waals surface area contributed by atoms with Crippen molar-refractivity contribution in [2.24, 2.45) is 0 Å². The van der Waals surface area contributed by atoms with Crippen LogP contribution in [0.4, 0.5) is 34.1 Å². The van der Waals surface area contributed by atoms with Gasteiger partial charge in [0.1, 0.15) is 0 Å². The molecule has 0 bridgehead atoms. The molecule has 0 aliphatic carbocycles. The fourth-order valence-electron chi connectivity index (χ4n) is 10.7. The van der Waals surface area contributed by atoms with Gasteiger partial charge < -0.3 is 9.80 Å². The summed E-state index contributed by atoms with van der Waals surface area (Å²) in [6.45, 7) is 19.4. The fourth-order valence-corrected chi connectivity index (χ4v) is 13.0. The maximum atomic E-state index is 2.67. The van der Waals surface area contributed by atoms with Crippen LogP contribution in [-0.2, 0) is 0 Å². The average Bonchev–Trinajstić information content (AvgIpc) is 3.34. The van der Waals surface area contributed by atoms with E-state index >= 15 is 0 Å². The number of fused-ring (bicyclic) bond motifs is 4. The van der Waals surface area contributed by atoms with Crippen LogP contribution in [0, 0.1) is 13.8 Å². The Labute approximate surface area is 400 Å². The molecule has 0 fully saturated rings. The molecule has 0 amide bonds. The van der Waals surface area contributed by atoms with Crippen LogP contribution >= 0.6 is 0 Å². The Kier molecular flexibility index (Phi) is 10.5. The lowest BCUT2D eigenvalue weighted by Gasteiger charge is -2.46. The highest BCUT2D eigenvalue weighted by Gasteiger charge is 2.45. The first-order valence-electron chi connectivity index (χ1n) is 23.9. The summed E-state index contributed by atoms with van der Waals surface area (Å²) in [6.07, 6.45) is 0. The summed E-state index contributed by atoms with van der Waals surface area (Å²) in [7, 11) is -3.55. The number of aryl methyl sites for hydroxylation is 2. The van der Waals surface area contributed by atoms with E-state index in [2.05, 4.69) is 263 Å². The van der Waals surface area contributed by atoms with Crippen LogP contribution in [0.25, 0.3) is 44.5 Å². The van der Waals surface area contributed by atoms with E-state index in [1.165, 1.54) is 117 Å². The Morgan fingerprint density at radius 1 is 0.328 bits per heavy atom. The number of rotatable bonds is 8. The van der Waals surface area contributed by atoms with Gasteiger partial charge in [-0.15, -0.1) is 0 Å². The molecular weight excluding hydrogens is 840 g/mol. The highest BCUT2D eigenvalue weighted by atomic mass is 28.3. The van der Waals surface area contributed by atoms with Crippen LogP contribution in [0.15, 0.2) is 200 Å². The summed E-state index contributed by atoms with van der Waals surface area (Å²) in [6, 6.07) is 76.0. The molecule has 0 unspecified atom stereocenters. The molecule has 0 spiro atoms. The van der Waals surface area contributed by atoms with Crippen LogP contribution in [-0.4, -0.2) is 22.9 Å². The van der Waals surface area contributed by atoms with Gasteiger partial charge in [-0.25, -0.2) is 0 Å². The van der Waals surface area contributed by atoms with Crippen molar-refractivity contribution in [1.82, 2.24) is 0 Å². The van der Waals surface area contributed by atoms with E-state index in [0.29, 0.717) is 0 Å². The highest BCUT2D eigenvalue weighted by Crippen LogP contribution is 2.52. The summed E-state index contributed by atoms with van der Waals surface area (Å²) < 4.78 is 0. The molecule has 0 radical (unpaired) electrons. The first kappa shape index (κ1) is 42.7.